The maximum absolute atomic E-state index is 9.28. The molecule has 0 atom stereocenters. The highest BCUT2D eigenvalue weighted by atomic mass is 28.3. The fraction of sp³-hybridized carbons (Fsp3) is 0.0123. The van der Waals surface area contributed by atoms with Crippen molar-refractivity contribution in [2.75, 3.05) is 11.5 Å². The van der Waals surface area contributed by atoms with Gasteiger partial charge in [0.05, 0.1) is 33.0 Å². The number of nitrogens with zero attached hydrogens (tertiary/aromatic N) is 5. The van der Waals surface area contributed by atoms with E-state index in [2.05, 4.69) is 247 Å². The van der Waals surface area contributed by atoms with E-state index in [0.717, 1.165) is 71.5 Å². The van der Waals surface area contributed by atoms with Crippen LogP contribution in [0.1, 0.15) is 16.5 Å². The maximum atomic E-state index is 9.28. The summed E-state index contributed by atoms with van der Waals surface area (Å²) < 4.78 is 75.3. The Morgan fingerprint density at radius 2 is 0.932 bits per heavy atom. The van der Waals surface area contributed by atoms with Crippen LogP contribution in [0.5, 0.6) is 0 Å². The van der Waals surface area contributed by atoms with Crippen molar-refractivity contribution >= 4 is 108 Å². The number of rotatable bonds is 12. The summed E-state index contributed by atoms with van der Waals surface area (Å²) in [7, 11) is -3.35. The van der Waals surface area contributed by atoms with Gasteiger partial charge in [0.25, 0.3) is 0 Å². The van der Waals surface area contributed by atoms with Gasteiger partial charge in [0.2, 0.25) is 0 Å². The zero-order valence-electron chi connectivity index (χ0n) is 55.7. The summed E-state index contributed by atoms with van der Waals surface area (Å²) in [6, 6.07) is 97.3. The van der Waals surface area contributed by atoms with Crippen molar-refractivity contribution in [2.45, 2.75) is 0 Å². The van der Waals surface area contributed by atoms with Gasteiger partial charge in [-0.1, -0.05) is 297 Å². The molecule has 5 nitrogen and oxygen atoms in total. The minimum atomic E-state index is -3.35. The molecule has 0 bridgehead atoms. The zero-order valence-corrected chi connectivity index (χ0v) is 48.7. The second kappa shape index (κ2) is 22.4. The van der Waals surface area contributed by atoms with Crippen LogP contribution in [0.2, 0.25) is 0 Å². The van der Waals surface area contributed by atoms with Gasteiger partial charge in [0.15, 0.2) is 13.9 Å². The Balaban J connectivity index is 0.929. The van der Waals surface area contributed by atoms with Crippen LogP contribution in [0.15, 0.2) is 343 Å². The standard InChI is InChI=1S/C81H58BN5Si/c1-5-26-58(27-6-1)60-30-23-37-66(52-60)88(65-35-11-4-12-36-65,67-38-24-31-61(53-67)59-28-7-2-8-29-59)68-39-25-32-62(54-68)81(84-57-86-78-47-20-15-41-70(78)69-40-13-18-45-75(69)82(86)63-33-9-3-10-34-63)83-56-85-76-46-19-14-44-73(76)74-55-64(50-51-77(74)85)87-79-48-21-16-42-71(79)72-43-17-22-49-80(72)87/h1-56H,57H2/b83-56?,84-81-/i16D,17D,21D,22D,42D,43D,48D,49D. The molecule has 0 fully saturated rings. The minimum Gasteiger partial charge on any atom is -0.388 e. The van der Waals surface area contributed by atoms with Gasteiger partial charge in [0.1, 0.15) is 13.0 Å². The molecule has 1 aliphatic rings. The van der Waals surface area contributed by atoms with Gasteiger partial charge in [0, 0.05) is 44.0 Å². The van der Waals surface area contributed by atoms with Crippen LogP contribution in [0.3, 0.4) is 0 Å². The van der Waals surface area contributed by atoms with Crippen LogP contribution in [0.25, 0.3) is 82.7 Å². The lowest BCUT2D eigenvalue weighted by molar-refractivity contribution is 1.02. The number of aliphatic imine (C=N–C) groups is 2. The van der Waals surface area contributed by atoms with Crippen molar-refractivity contribution in [3.63, 3.8) is 0 Å². The number of hydrogen-bond donors (Lipinski definition) is 0. The molecule has 15 aromatic rings. The number of benzene rings is 13. The molecule has 13 aromatic carbocycles. The molecule has 0 aliphatic carbocycles. The Morgan fingerprint density at radius 3 is 1.61 bits per heavy atom. The largest absolute Gasteiger partial charge is 0.388 e. The summed E-state index contributed by atoms with van der Waals surface area (Å²) in [5, 5.41) is 6.43. The van der Waals surface area contributed by atoms with Gasteiger partial charge >= 0.3 is 6.85 Å². The van der Waals surface area contributed by atoms with Crippen LogP contribution >= 0.6 is 0 Å². The molecule has 7 heteroatoms. The number of fused-ring (bicyclic) bond motifs is 9. The van der Waals surface area contributed by atoms with Crippen molar-refractivity contribution in [1.29, 1.82) is 0 Å². The third-order valence-corrected chi connectivity index (χ3v) is 22.1. The van der Waals surface area contributed by atoms with Gasteiger partial charge in [-0.05, 0) is 96.4 Å². The Labute approximate surface area is 525 Å². The first-order chi connectivity index (χ1) is 47.0. The topological polar surface area (TPSA) is 37.8 Å². The molecule has 414 valence electrons. The summed E-state index contributed by atoms with van der Waals surface area (Å²) in [6.07, 6.45) is 1.84. The molecule has 0 N–H and O–H groups in total. The number of hydrogen-bond acceptors (Lipinski definition) is 2. The van der Waals surface area contributed by atoms with E-state index in [4.69, 9.17) is 18.2 Å². The van der Waals surface area contributed by atoms with Crippen molar-refractivity contribution in [1.82, 2.24) is 9.13 Å². The molecule has 0 radical (unpaired) electrons. The molecule has 0 unspecified atom stereocenters. The Bertz CT molecular complexity index is 5490. The Morgan fingerprint density at radius 1 is 0.409 bits per heavy atom. The highest BCUT2D eigenvalue weighted by molar-refractivity contribution is 7.20. The predicted molar refractivity (Wildman–Crippen MR) is 376 cm³/mol. The van der Waals surface area contributed by atoms with Crippen LogP contribution < -0.4 is 36.5 Å². The summed E-state index contributed by atoms with van der Waals surface area (Å²) in [5.41, 5.74) is 13.1. The molecule has 3 heterocycles. The van der Waals surface area contributed by atoms with Gasteiger partial charge in [-0.25, -0.2) is 9.98 Å². The van der Waals surface area contributed by atoms with E-state index in [1.807, 2.05) is 53.4 Å². The molecule has 0 saturated carbocycles. The van der Waals surface area contributed by atoms with E-state index >= 15 is 0 Å². The van der Waals surface area contributed by atoms with E-state index in [1.165, 1.54) is 26.6 Å². The zero-order chi connectivity index (χ0) is 65.3. The fourth-order valence-corrected chi connectivity index (χ4v) is 18.3. The molecule has 88 heavy (non-hydrogen) atoms. The normalized spacial score (nSPS) is 13.8. The quantitative estimate of drug-likeness (QED) is 0.0520. The number of amidine groups is 1. The molecule has 0 spiro atoms. The third-order valence-electron chi connectivity index (χ3n) is 17.4. The first-order valence-electron chi connectivity index (χ1n) is 33.6. The number of anilines is 1. The molecular weight excluding hydrogens is 1080 g/mol. The fourth-order valence-electron chi connectivity index (χ4n) is 13.5. The van der Waals surface area contributed by atoms with Crippen molar-refractivity contribution in [3.8, 4) is 39.1 Å². The second-order valence-corrected chi connectivity index (χ2v) is 26.0. The van der Waals surface area contributed by atoms with Crippen LogP contribution in [-0.4, -0.2) is 42.9 Å². The summed E-state index contributed by atoms with van der Waals surface area (Å²) in [4.78, 5) is 13.7. The van der Waals surface area contributed by atoms with Gasteiger partial charge in [-0.15, -0.1) is 0 Å². The van der Waals surface area contributed by atoms with E-state index in [9.17, 15) is 2.74 Å². The van der Waals surface area contributed by atoms with E-state index in [1.54, 1.807) is 4.57 Å². The van der Waals surface area contributed by atoms with Crippen molar-refractivity contribution in [2.24, 2.45) is 9.98 Å². The van der Waals surface area contributed by atoms with Crippen LogP contribution in [-0.2, 0) is 0 Å². The average molecular weight is 1150 g/mol. The smallest absolute Gasteiger partial charge is 0.325 e. The number of aromatic nitrogens is 2. The van der Waals surface area contributed by atoms with Gasteiger partial charge in [-0.3, -0.25) is 4.57 Å². The summed E-state index contributed by atoms with van der Waals surface area (Å²) in [5.74, 6) is 0.489. The van der Waals surface area contributed by atoms with Gasteiger partial charge < -0.3 is 9.38 Å². The predicted octanol–water partition coefficient (Wildman–Crippen LogP) is 15.2. The summed E-state index contributed by atoms with van der Waals surface area (Å²) in [6.45, 7) is 0.0163. The molecule has 16 rings (SSSR count). The first-order valence-corrected chi connectivity index (χ1v) is 31.6. The average Bonchev–Trinajstić information content (AvgIpc) is 1.49. The molecule has 1 aliphatic heterocycles. The highest BCUT2D eigenvalue weighted by Gasteiger charge is 2.42. The SMILES string of the molecule is [2H]c1c([2H])c([2H])c2c(c1[2H])c1c([2H])c([2H])c([2H])c([2H])c1n2-c1ccc2c(c1)c1ccccc1n2C=N/C(=N\CN1B(c2ccccc2)c2ccccc2-c2ccccc21)c1cccc([Si](c2ccccc2)(c2cccc(-c3ccccc3)c2)c2cccc(-c3ccccc3)c2)c1. The second-order valence-electron chi connectivity index (χ2n) is 22.2. The lowest BCUT2D eigenvalue weighted by atomic mass is 9.46. The third kappa shape index (κ3) is 9.02. The maximum Gasteiger partial charge on any atom is 0.325 e. The van der Waals surface area contributed by atoms with Crippen LogP contribution in [0.4, 0.5) is 5.69 Å². The monoisotopic (exact) mass is 1150 g/mol. The highest BCUT2D eigenvalue weighted by Crippen LogP contribution is 2.37. The Hall–Kier alpha value is -11.1. The van der Waals surface area contributed by atoms with Gasteiger partial charge in [-0.2, -0.15) is 0 Å². The molecule has 2 aromatic heterocycles. The first kappa shape index (κ1) is 44.4. The summed E-state index contributed by atoms with van der Waals surface area (Å²) >= 11 is 0. The van der Waals surface area contributed by atoms with E-state index < -0.39 is 32.2 Å². The molecular formula is C81H58BN5Si. The van der Waals surface area contributed by atoms with E-state index in [-0.39, 0.29) is 59.5 Å². The minimum absolute atomic E-state index is 0.0194. The van der Waals surface area contributed by atoms with Crippen LogP contribution in [0, 0.1) is 0 Å². The number of para-hydroxylation sites is 4. The lowest BCUT2D eigenvalue weighted by Crippen LogP contribution is -2.74. The van der Waals surface area contributed by atoms with Crippen molar-refractivity contribution in [3.05, 3.63) is 339 Å². The molecule has 0 saturated heterocycles. The van der Waals surface area contributed by atoms with Crippen molar-refractivity contribution < 1.29 is 11.0 Å². The Kier molecular flexibility index (Phi) is 11.3. The molecule has 0 amide bonds. The lowest BCUT2D eigenvalue weighted by Gasteiger charge is -2.37. The van der Waals surface area contributed by atoms with E-state index in [0.29, 0.717) is 11.5 Å².